The van der Waals surface area contributed by atoms with Crippen molar-refractivity contribution in [3.05, 3.63) is 36.0 Å². The van der Waals surface area contributed by atoms with Gasteiger partial charge in [-0.1, -0.05) is 18.2 Å². The largest absolute Gasteiger partial charge is 0.459 e. The number of carbonyl (C=O) groups is 1. The lowest BCUT2D eigenvalue weighted by Crippen LogP contribution is -2.43. The van der Waals surface area contributed by atoms with Crippen LogP contribution >= 0.6 is 12.4 Å². The van der Waals surface area contributed by atoms with Crippen LogP contribution in [0.4, 0.5) is 0 Å². The minimum atomic E-state index is -0.193. The SMILES string of the molecule is CN1[C@@H]2CC[C@H]1CC(OC(=O)c1c[nH]c3ccccc13)C2.Cl.[HH]. The van der Waals surface area contributed by atoms with E-state index in [9.17, 15) is 4.79 Å². The molecule has 1 aromatic heterocycles. The van der Waals surface area contributed by atoms with Crippen molar-refractivity contribution in [2.24, 2.45) is 0 Å². The fourth-order valence-corrected chi connectivity index (χ4v) is 3.91. The number of rotatable bonds is 2. The van der Waals surface area contributed by atoms with Crippen LogP contribution in [0.1, 0.15) is 37.5 Å². The molecule has 2 aliphatic rings. The van der Waals surface area contributed by atoms with E-state index in [0.29, 0.717) is 17.6 Å². The van der Waals surface area contributed by atoms with Crippen molar-refractivity contribution in [3.8, 4) is 0 Å². The Labute approximate surface area is 137 Å². The molecule has 2 bridgehead atoms. The second-order valence-corrected chi connectivity index (χ2v) is 6.30. The Morgan fingerprint density at radius 1 is 1.27 bits per heavy atom. The number of nitrogens with zero attached hydrogens (tertiary/aromatic N) is 1. The van der Waals surface area contributed by atoms with Gasteiger partial charge in [-0.25, -0.2) is 4.79 Å². The Kier molecular flexibility index (Phi) is 4.15. The molecule has 2 aliphatic heterocycles. The first-order chi connectivity index (χ1) is 10.2. The average Bonchev–Trinajstić information content (AvgIpc) is 2.98. The molecule has 0 saturated carbocycles. The minimum Gasteiger partial charge on any atom is -0.459 e. The van der Waals surface area contributed by atoms with E-state index in [1.54, 1.807) is 6.20 Å². The molecular weight excluding hydrogens is 300 g/mol. The topological polar surface area (TPSA) is 45.3 Å². The number of carbonyl (C=O) groups excluding carboxylic acids is 1. The lowest BCUT2D eigenvalue weighted by atomic mass is 10.0. The van der Waals surface area contributed by atoms with E-state index in [1.165, 1.54) is 12.8 Å². The summed E-state index contributed by atoms with van der Waals surface area (Å²) in [5.74, 6) is -0.193. The van der Waals surface area contributed by atoms with Gasteiger partial charge in [0.1, 0.15) is 6.10 Å². The van der Waals surface area contributed by atoms with Crippen LogP contribution in [0.15, 0.2) is 30.5 Å². The molecule has 0 amide bonds. The highest BCUT2D eigenvalue weighted by molar-refractivity contribution is 6.04. The summed E-state index contributed by atoms with van der Waals surface area (Å²) in [5.41, 5.74) is 1.63. The molecule has 1 unspecified atom stereocenters. The quantitative estimate of drug-likeness (QED) is 0.859. The molecule has 4 nitrogen and oxygen atoms in total. The van der Waals surface area contributed by atoms with Gasteiger partial charge in [-0.3, -0.25) is 0 Å². The van der Waals surface area contributed by atoms with Crippen LogP contribution in [0.5, 0.6) is 0 Å². The van der Waals surface area contributed by atoms with Crippen LogP contribution in [-0.4, -0.2) is 41.1 Å². The number of para-hydroxylation sites is 1. The van der Waals surface area contributed by atoms with Crippen molar-refractivity contribution in [3.63, 3.8) is 0 Å². The van der Waals surface area contributed by atoms with Crippen LogP contribution in [0.25, 0.3) is 10.9 Å². The number of hydrogen-bond acceptors (Lipinski definition) is 3. The summed E-state index contributed by atoms with van der Waals surface area (Å²) in [6.07, 6.45) is 6.25. The zero-order valence-electron chi connectivity index (χ0n) is 12.6. The van der Waals surface area contributed by atoms with E-state index >= 15 is 0 Å². The van der Waals surface area contributed by atoms with E-state index in [2.05, 4.69) is 16.9 Å². The molecule has 2 aromatic rings. The molecule has 0 radical (unpaired) electrons. The molecule has 2 fully saturated rings. The fraction of sp³-hybridized carbons (Fsp3) is 0.471. The van der Waals surface area contributed by atoms with Gasteiger partial charge < -0.3 is 14.6 Å². The first-order valence-electron chi connectivity index (χ1n) is 7.71. The van der Waals surface area contributed by atoms with Crippen molar-refractivity contribution >= 4 is 29.3 Å². The number of fused-ring (bicyclic) bond motifs is 3. The molecule has 120 valence electrons. The maximum absolute atomic E-state index is 12.4. The van der Waals surface area contributed by atoms with Gasteiger partial charge in [-0.2, -0.15) is 0 Å². The normalized spacial score (nSPS) is 27.6. The molecule has 0 aliphatic carbocycles. The van der Waals surface area contributed by atoms with Gasteiger partial charge >= 0.3 is 5.97 Å². The zero-order valence-corrected chi connectivity index (χ0v) is 13.4. The van der Waals surface area contributed by atoms with E-state index in [4.69, 9.17) is 4.74 Å². The van der Waals surface area contributed by atoms with Crippen molar-refractivity contribution in [1.29, 1.82) is 0 Å². The Bertz CT molecular complexity index is 676. The minimum absolute atomic E-state index is 0. The van der Waals surface area contributed by atoms with E-state index in [-0.39, 0.29) is 25.9 Å². The van der Waals surface area contributed by atoms with Gasteiger partial charge in [-0.05, 0) is 26.0 Å². The van der Waals surface area contributed by atoms with Crippen LogP contribution in [0.2, 0.25) is 0 Å². The highest BCUT2D eigenvalue weighted by Crippen LogP contribution is 2.35. The third kappa shape index (κ3) is 2.50. The summed E-state index contributed by atoms with van der Waals surface area (Å²) in [6, 6.07) is 9.02. The Hall–Kier alpha value is -1.52. The smallest absolute Gasteiger partial charge is 0.340 e. The van der Waals surface area contributed by atoms with Crippen molar-refractivity contribution < 1.29 is 11.0 Å². The average molecular weight is 323 g/mol. The predicted octanol–water partition coefficient (Wildman–Crippen LogP) is 3.62. The summed E-state index contributed by atoms with van der Waals surface area (Å²) in [4.78, 5) is 18.0. The molecule has 1 aromatic carbocycles. The van der Waals surface area contributed by atoms with Crippen molar-refractivity contribution in [2.75, 3.05) is 7.05 Å². The third-order valence-electron chi connectivity index (χ3n) is 5.14. The van der Waals surface area contributed by atoms with Gasteiger partial charge in [0, 0.05) is 43.5 Å². The summed E-state index contributed by atoms with van der Waals surface area (Å²) in [6.45, 7) is 0. The molecule has 22 heavy (non-hydrogen) atoms. The maximum Gasteiger partial charge on any atom is 0.340 e. The first-order valence-corrected chi connectivity index (χ1v) is 7.71. The lowest BCUT2D eigenvalue weighted by molar-refractivity contribution is -0.000258. The molecule has 5 heteroatoms. The number of aromatic nitrogens is 1. The third-order valence-corrected chi connectivity index (χ3v) is 5.14. The zero-order chi connectivity index (χ0) is 14.4. The first kappa shape index (κ1) is 15.4. The Balaban J connectivity index is 0.000000960. The monoisotopic (exact) mass is 322 g/mol. The van der Waals surface area contributed by atoms with E-state index < -0.39 is 0 Å². The molecular formula is C17H23ClN2O2. The number of H-pyrrole nitrogens is 1. The van der Waals surface area contributed by atoms with Gasteiger partial charge in [0.15, 0.2) is 0 Å². The van der Waals surface area contributed by atoms with Gasteiger partial charge in [-0.15, -0.1) is 12.4 Å². The summed E-state index contributed by atoms with van der Waals surface area (Å²) in [7, 11) is 2.19. The van der Waals surface area contributed by atoms with Gasteiger partial charge in [0.05, 0.1) is 5.56 Å². The highest BCUT2D eigenvalue weighted by Gasteiger charge is 2.40. The Morgan fingerprint density at radius 2 is 1.95 bits per heavy atom. The number of piperidine rings is 1. The summed E-state index contributed by atoms with van der Waals surface area (Å²) < 4.78 is 5.79. The highest BCUT2D eigenvalue weighted by atomic mass is 35.5. The number of benzene rings is 1. The molecule has 4 rings (SSSR count). The van der Waals surface area contributed by atoms with Crippen molar-refractivity contribution in [2.45, 2.75) is 43.9 Å². The van der Waals surface area contributed by atoms with Crippen LogP contribution < -0.4 is 0 Å². The van der Waals surface area contributed by atoms with Crippen LogP contribution in [-0.2, 0) is 4.74 Å². The van der Waals surface area contributed by atoms with Crippen LogP contribution in [0.3, 0.4) is 0 Å². The molecule has 0 spiro atoms. The molecule has 1 N–H and O–H groups in total. The van der Waals surface area contributed by atoms with Gasteiger partial charge in [0.25, 0.3) is 0 Å². The standard InChI is InChI=1S/C17H20N2O2.ClH.H2/c1-19-11-6-7-12(19)9-13(8-11)21-17(20)15-10-18-16-5-3-2-4-14(15)16;;/h2-5,10-13,18H,6-9H2,1H3;2*1H/t11-,12+,13?;;. The summed E-state index contributed by atoms with van der Waals surface area (Å²) in [5, 5.41) is 0.943. The fourth-order valence-electron chi connectivity index (χ4n) is 3.91. The number of nitrogens with one attached hydrogen (secondary N) is 1. The predicted molar refractivity (Wildman–Crippen MR) is 90.7 cm³/mol. The van der Waals surface area contributed by atoms with Crippen LogP contribution in [0, 0.1) is 0 Å². The van der Waals surface area contributed by atoms with Gasteiger partial charge in [0.2, 0.25) is 0 Å². The number of aromatic amines is 1. The second kappa shape index (κ2) is 5.94. The number of esters is 1. The Morgan fingerprint density at radius 3 is 2.68 bits per heavy atom. The second-order valence-electron chi connectivity index (χ2n) is 6.30. The molecule has 3 heterocycles. The number of hydrogen-bond donors (Lipinski definition) is 1. The maximum atomic E-state index is 12.4. The van der Waals surface area contributed by atoms with Crippen molar-refractivity contribution in [1.82, 2.24) is 9.88 Å². The van der Waals surface area contributed by atoms with E-state index in [1.807, 2.05) is 24.3 Å². The lowest BCUT2D eigenvalue weighted by Gasteiger charge is -2.35. The summed E-state index contributed by atoms with van der Waals surface area (Å²) >= 11 is 0. The number of halogens is 1. The van der Waals surface area contributed by atoms with E-state index in [0.717, 1.165) is 23.7 Å². The molecule has 3 atom stereocenters. The molecule has 2 saturated heterocycles. The number of ether oxygens (including phenoxy) is 1.